The van der Waals surface area contributed by atoms with Gasteiger partial charge in [0.15, 0.2) is 11.5 Å². The van der Waals surface area contributed by atoms with Gasteiger partial charge in [-0.15, -0.1) is 0 Å². The molecule has 0 spiro atoms. The van der Waals surface area contributed by atoms with Crippen LogP contribution in [0.4, 0.5) is 14.9 Å². The SMILES string of the molecule is C[C@H](NC(=O)Nc1ccc(Oc2ccnc3cc(OCCCN(C)C)c4c(c23)OCCO4)cc1Cl)c1ccc(F)cc1. The average Bonchev–Trinajstić information content (AvgIpc) is 2.97. The van der Waals surface area contributed by atoms with Crippen LogP contribution in [0.3, 0.4) is 0 Å². The molecule has 3 aromatic carbocycles. The van der Waals surface area contributed by atoms with Crippen molar-refractivity contribution in [2.24, 2.45) is 0 Å². The molecule has 0 fully saturated rings. The predicted molar refractivity (Wildman–Crippen MR) is 160 cm³/mol. The molecular weight excluding hydrogens is 563 g/mol. The molecule has 0 radical (unpaired) electrons. The minimum Gasteiger partial charge on any atom is -0.489 e. The Kier molecular flexibility index (Phi) is 9.14. The van der Waals surface area contributed by atoms with Gasteiger partial charge in [-0.05, 0) is 63.3 Å². The van der Waals surface area contributed by atoms with E-state index in [1.165, 1.54) is 12.1 Å². The normalized spacial score (nSPS) is 13.1. The summed E-state index contributed by atoms with van der Waals surface area (Å²) in [5.74, 6) is 2.23. The highest BCUT2D eigenvalue weighted by atomic mass is 35.5. The maximum atomic E-state index is 13.2. The first-order valence-corrected chi connectivity index (χ1v) is 14.0. The fourth-order valence-electron chi connectivity index (χ4n) is 4.51. The van der Waals surface area contributed by atoms with Crippen molar-refractivity contribution in [1.29, 1.82) is 0 Å². The molecule has 0 saturated carbocycles. The van der Waals surface area contributed by atoms with E-state index in [2.05, 4.69) is 20.5 Å². The van der Waals surface area contributed by atoms with Gasteiger partial charge in [-0.1, -0.05) is 23.7 Å². The summed E-state index contributed by atoms with van der Waals surface area (Å²) < 4.78 is 37.5. The number of benzene rings is 3. The van der Waals surface area contributed by atoms with Gasteiger partial charge in [0.05, 0.1) is 34.3 Å². The smallest absolute Gasteiger partial charge is 0.319 e. The third-order valence-electron chi connectivity index (χ3n) is 6.58. The molecule has 4 aromatic rings. The van der Waals surface area contributed by atoms with Crippen molar-refractivity contribution in [3.63, 3.8) is 0 Å². The number of nitrogens with zero attached hydrogens (tertiary/aromatic N) is 2. The predicted octanol–water partition coefficient (Wildman–Crippen LogP) is 6.80. The molecule has 9 nitrogen and oxygen atoms in total. The standard InChI is InChI=1S/C31H32ClFN4O5/c1-19(20-5-7-21(33)8-6-20)35-31(38)36-24-10-9-22(17-23(24)32)42-26-11-12-34-25-18-27(39-14-4-13-37(2)3)29-30(28(25)26)41-16-15-40-29/h5-12,17-19H,4,13-16H2,1-3H3,(H2,35,36,38)/t19-/m0/s1. The van der Waals surface area contributed by atoms with Crippen LogP contribution in [-0.2, 0) is 0 Å². The summed E-state index contributed by atoms with van der Waals surface area (Å²) in [6.45, 7) is 4.02. The molecular formula is C31H32ClFN4O5. The van der Waals surface area contributed by atoms with Crippen LogP contribution in [0.15, 0.2) is 60.8 Å². The summed E-state index contributed by atoms with van der Waals surface area (Å²) in [6, 6.07) is 13.7. The number of hydrogen-bond donors (Lipinski definition) is 2. The Labute approximate surface area is 248 Å². The van der Waals surface area contributed by atoms with E-state index >= 15 is 0 Å². The lowest BCUT2D eigenvalue weighted by atomic mass is 10.1. The molecule has 1 atom stereocenters. The highest BCUT2D eigenvalue weighted by molar-refractivity contribution is 6.33. The molecule has 1 aromatic heterocycles. The number of anilines is 1. The first kappa shape index (κ1) is 29.2. The van der Waals surface area contributed by atoms with Crippen LogP contribution < -0.4 is 29.6 Å². The Morgan fingerprint density at radius 3 is 2.57 bits per heavy atom. The monoisotopic (exact) mass is 594 g/mol. The van der Waals surface area contributed by atoms with Crippen molar-refractivity contribution in [2.45, 2.75) is 19.4 Å². The van der Waals surface area contributed by atoms with Crippen LogP contribution in [0.1, 0.15) is 24.9 Å². The van der Waals surface area contributed by atoms with Crippen LogP contribution in [0, 0.1) is 5.82 Å². The number of pyridine rings is 1. The Morgan fingerprint density at radius 1 is 1.07 bits per heavy atom. The van der Waals surface area contributed by atoms with Crippen molar-refractivity contribution < 1.29 is 28.1 Å². The maximum absolute atomic E-state index is 13.2. The number of ether oxygens (including phenoxy) is 4. The Bertz CT molecular complexity index is 1570. The van der Waals surface area contributed by atoms with E-state index < -0.39 is 6.03 Å². The molecule has 0 saturated heterocycles. The number of fused-ring (bicyclic) bond motifs is 3. The van der Waals surface area contributed by atoms with E-state index in [0.29, 0.717) is 65.2 Å². The summed E-state index contributed by atoms with van der Waals surface area (Å²) in [7, 11) is 4.04. The second kappa shape index (κ2) is 13.1. The van der Waals surface area contributed by atoms with Gasteiger partial charge >= 0.3 is 6.03 Å². The van der Waals surface area contributed by atoms with Gasteiger partial charge in [0.25, 0.3) is 0 Å². The molecule has 2 N–H and O–H groups in total. The summed E-state index contributed by atoms with van der Waals surface area (Å²) in [5.41, 5.74) is 1.80. The number of hydrogen-bond acceptors (Lipinski definition) is 7. The van der Waals surface area contributed by atoms with Crippen molar-refractivity contribution in [3.05, 3.63) is 77.2 Å². The summed E-state index contributed by atoms with van der Waals surface area (Å²) in [4.78, 5) is 19.2. The molecule has 220 valence electrons. The summed E-state index contributed by atoms with van der Waals surface area (Å²) in [5, 5.41) is 6.49. The van der Waals surface area contributed by atoms with Crippen molar-refractivity contribution in [3.8, 4) is 28.7 Å². The largest absolute Gasteiger partial charge is 0.489 e. The minimum absolute atomic E-state index is 0.283. The number of amides is 2. The van der Waals surface area contributed by atoms with Crippen LogP contribution in [0.2, 0.25) is 5.02 Å². The second-order valence-corrected chi connectivity index (χ2v) is 10.5. The van der Waals surface area contributed by atoms with Gasteiger partial charge in [-0.25, -0.2) is 9.18 Å². The molecule has 0 bridgehead atoms. The average molecular weight is 595 g/mol. The van der Waals surface area contributed by atoms with Crippen LogP contribution in [0.25, 0.3) is 10.9 Å². The Balaban J connectivity index is 1.32. The van der Waals surface area contributed by atoms with Crippen molar-refractivity contribution in [2.75, 3.05) is 45.8 Å². The van der Waals surface area contributed by atoms with Crippen molar-refractivity contribution >= 4 is 34.2 Å². The van der Waals surface area contributed by atoms with E-state index in [4.69, 9.17) is 30.5 Å². The quantitative estimate of drug-likeness (QED) is 0.195. The molecule has 11 heteroatoms. The van der Waals surface area contributed by atoms with Crippen LogP contribution in [-0.4, -0.2) is 56.4 Å². The number of carbonyl (C=O) groups is 1. The fraction of sp³-hybridized carbons (Fsp3) is 0.290. The minimum atomic E-state index is -0.453. The number of urea groups is 1. The number of carbonyl (C=O) groups excluding carboxylic acids is 1. The molecule has 2 amide bonds. The maximum Gasteiger partial charge on any atom is 0.319 e. The zero-order valence-corrected chi connectivity index (χ0v) is 24.3. The zero-order valence-electron chi connectivity index (χ0n) is 23.6. The highest BCUT2D eigenvalue weighted by Gasteiger charge is 2.25. The Hall–Kier alpha value is -4.28. The topological polar surface area (TPSA) is 94.2 Å². The van der Waals surface area contributed by atoms with Gasteiger partial charge in [-0.3, -0.25) is 4.98 Å². The van der Waals surface area contributed by atoms with Crippen LogP contribution in [0.5, 0.6) is 28.7 Å². The lowest BCUT2D eigenvalue weighted by molar-refractivity contribution is 0.163. The van der Waals surface area contributed by atoms with Gasteiger partial charge < -0.3 is 34.5 Å². The Morgan fingerprint density at radius 2 is 1.83 bits per heavy atom. The highest BCUT2D eigenvalue weighted by Crippen LogP contribution is 2.48. The van der Waals surface area contributed by atoms with E-state index in [-0.39, 0.29) is 16.9 Å². The van der Waals surface area contributed by atoms with E-state index in [1.54, 1.807) is 49.5 Å². The van der Waals surface area contributed by atoms with E-state index in [1.807, 2.05) is 20.2 Å². The van der Waals surface area contributed by atoms with E-state index in [9.17, 15) is 9.18 Å². The van der Waals surface area contributed by atoms with E-state index in [0.717, 1.165) is 18.5 Å². The molecule has 5 rings (SSSR count). The van der Waals surface area contributed by atoms with Crippen LogP contribution >= 0.6 is 11.6 Å². The molecule has 1 aliphatic rings. The third kappa shape index (κ3) is 6.95. The number of halogens is 2. The fourth-order valence-corrected chi connectivity index (χ4v) is 4.72. The number of nitrogens with one attached hydrogen (secondary N) is 2. The molecule has 0 aliphatic carbocycles. The first-order valence-electron chi connectivity index (χ1n) is 13.6. The second-order valence-electron chi connectivity index (χ2n) is 10.1. The lowest BCUT2D eigenvalue weighted by Crippen LogP contribution is -2.31. The number of aromatic nitrogens is 1. The first-order chi connectivity index (χ1) is 20.3. The van der Waals surface area contributed by atoms with Crippen molar-refractivity contribution in [1.82, 2.24) is 15.2 Å². The van der Waals surface area contributed by atoms with Gasteiger partial charge in [0, 0.05) is 24.9 Å². The molecule has 2 heterocycles. The lowest BCUT2D eigenvalue weighted by Gasteiger charge is -2.23. The zero-order chi connectivity index (χ0) is 29.6. The van der Waals surface area contributed by atoms with Gasteiger partial charge in [-0.2, -0.15) is 0 Å². The molecule has 42 heavy (non-hydrogen) atoms. The van der Waals surface area contributed by atoms with Gasteiger partial charge in [0.1, 0.15) is 30.5 Å². The summed E-state index contributed by atoms with van der Waals surface area (Å²) in [6.07, 6.45) is 2.51. The number of rotatable bonds is 10. The summed E-state index contributed by atoms with van der Waals surface area (Å²) >= 11 is 6.50. The van der Waals surface area contributed by atoms with Gasteiger partial charge in [0.2, 0.25) is 5.75 Å². The molecule has 1 aliphatic heterocycles. The molecule has 0 unspecified atom stereocenters. The third-order valence-corrected chi connectivity index (χ3v) is 6.90.